The van der Waals surface area contributed by atoms with Gasteiger partial charge in [0.1, 0.15) is 0 Å². The van der Waals surface area contributed by atoms with Crippen LogP contribution in [0.2, 0.25) is 0 Å². The van der Waals surface area contributed by atoms with Gasteiger partial charge in [0.15, 0.2) is 0 Å². The van der Waals surface area contributed by atoms with Crippen molar-refractivity contribution in [1.82, 2.24) is 10.2 Å². The zero-order chi connectivity index (χ0) is 11.9. The summed E-state index contributed by atoms with van der Waals surface area (Å²) in [4.78, 5) is 5.56. The van der Waals surface area contributed by atoms with Crippen molar-refractivity contribution in [3.8, 4) is 0 Å². The van der Waals surface area contributed by atoms with E-state index < -0.39 is 0 Å². The van der Waals surface area contributed by atoms with Gasteiger partial charge in [-0.25, -0.2) is 0 Å². The van der Waals surface area contributed by atoms with Crippen LogP contribution in [-0.2, 0) is 13.0 Å². The predicted octanol–water partition coefficient (Wildman–Crippen LogP) is 2.89. The zero-order valence-electron chi connectivity index (χ0n) is 10.9. The maximum absolute atomic E-state index is 3.56. The first-order valence-corrected chi connectivity index (χ1v) is 7.71. The Morgan fingerprint density at radius 3 is 2.65 bits per heavy atom. The average Bonchev–Trinajstić information content (AvgIpc) is 2.84. The van der Waals surface area contributed by atoms with Crippen LogP contribution in [0.5, 0.6) is 0 Å². The number of nitrogens with zero attached hydrogens (tertiary/aromatic N) is 1. The van der Waals surface area contributed by atoms with E-state index in [9.17, 15) is 0 Å². The van der Waals surface area contributed by atoms with E-state index >= 15 is 0 Å². The summed E-state index contributed by atoms with van der Waals surface area (Å²) in [6, 6.07) is 4.52. The topological polar surface area (TPSA) is 15.3 Å². The summed E-state index contributed by atoms with van der Waals surface area (Å²) in [5.74, 6) is 0. The van der Waals surface area contributed by atoms with Crippen LogP contribution in [0.1, 0.15) is 35.9 Å². The maximum atomic E-state index is 3.56. The molecule has 17 heavy (non-hydrogen) atoms. The molecule has 2 rings (SSSR count). The van der Waals surface area contributed by atoms with Gasteiger partial charge in [-0.05, 0) is 44.5 Å². The quantitative estimate of drug-likeness (QED) is 0.783. The van der Waals surface area contributed by atoms with Crippen LogP contribution in [0.15, 0.2) is 12.1 Å². The van der Waals surface area contributed by atoms with Crippen molar-refractivity contribution in [1.29, 1.82) is 0 Å². The first-order chi connectivity index (χ1) is 8.38. The first-order valence-electron chi connectivity index (χ1n) is 6.89. The fourth-order valence-corrected chi connectivity index (χ4v) is 3.27. The van der Waals surface area contributed by atoms with Gasteiger partial charge in [-0.2, -0.15) is 0 Å². The van der Waals surface area contributed by atoms with Gasteiger partial charge >= 0.3 is 0 Å². The molecule has 0 saturated carbocycles. The fraction of sp³-hybridized carbons (Fsp3) is 0.714. The highest BCUT2D eigenvalue weighted by Gasteiger charge is 2.08. The highest BCUT2D eigenvalue weighted by Crippen LogP contribution is 2.16. The van der Waals surface area contributed by atoms with Crippen LogP contribution in [-0.4, -0.2) is 31.1 Å². The minimum Gasteiger partial charge on any atom is -0.311 e. The largest absolute Gasteiger partial charge is 0.311 e. The molecule has 0 radical (unpaired) electrons. The lowest BCUT2D eigenvalue weighted by Crippen LogP contribution is -2.35. The molecule has 1 aromatic rings. The highest BCUT2D eigenvalue weighted by atomic mass is 32.1. The van der Waals surface area contributed by atoms with Gasteiger partial charge in [-0.1, -0.05) is 13.3 Å². The molecule has 0 aromatic carbocycles. The van der Waals surface area contributed by atoms with Crippen LogP contribution < -0.4 is 5.32 Å². The zero-order valence-corrected chi connectivity index (χ0v) is 11.7. The lowest BCUT2D eigenvalue weighted by molar-refractivity contribution is 0.229. The molecule has 0 unspecified atom stereocenters. The van der Waals surface area contributed by atoms with Crippen LogP contribution in [0.3, 0.4) is 0 Å². The number of thiophene rings is 1. The molecule has 96 valence electrons. The molecule has 1 aliphatic heterocycles. The summed E-state index contributed by atoms with van der Waals surface area (Å²) in [5.41, 5.74) is 0. The molecule has 1 N–H and O–H groups in total. The van der Waals surface area contributed by atoms with Crippen LogP contribution >= 0.6 is 11.3 Å². The number of aryl methyl sites for hydroxylation is 1. The molecule has 0 atom stereocenters. The monoisotopic (exact) mass is 252 g/mol. The van der Waals surface area contributed by atoms with E-state index in [1.807, 2.05) is 11.3 Å². The normalized spacial score (nSPS) is 17.5. The molecule has 1 aliphatic rings. The fourth-order valence-electron chi connectivity index (χ4n) is 2.34. The van der Waals surface area contributed by atoms with Gasteiger partial charge in [-0.3, -0.25) is 0 Å². The third-order valence-electron chi connectivity index (χ3n) is 3.42. The van der Waals surface area contributed by atoms with Gasteiger partial charge in [0.05, 0.1) is 0 Å². The molecular weight excluding hydrogens is 228 g/mol. The number of hydrogen-bond acceptors (Lipinski definition) is 3. The molecule has 0 spiro atoms. The van der Waals surface area contributed by atoms with E-state index in [-0.39, 0.29) is 0 Å². The van der Waals surface area contributed by atoms with E-state index in [4.69, 9.17) is 0 Å². The standard InChI is InChI=1S/C14H24N2S/c1-2-13-6-7-14(17-13)12-15-8-11-16-9-4-3-5-10-16/h6-7,15H,2-5,8-12H2,1H3. The van der Waals surface area contributed by atoms with E-state index in [0.29, 0.717) is 0 Å². The molecular formula is C14H24N2S. The predicted molar refractivity (Wildman–Crippen MR) is 75.7 cm³/mol. The summed E-state index contributed by atoms with van der Waals surface area (Å²) >= 11 is 1.94. The molecule has 2 heterocycles. The lowest BCUT2D eigenvalue weighted by Gasteiger charge is -2.26. The van der Waals surface area contributed by atoms with E-state index in [1.165, 1.54) is 55.1 Å². The Kier molecular flexibility index (Phi) is 5.49. The van der Waals surface area contributed by atoms with Crippen LogP contribution in [0, 0.1) is 0 Å². The second-order valence-electron chi connectivity index (χ2n) is 4.80. The maximum Gasteiger partial charge on any atom is 0.0300 e. The van der Waals surface area contributed by atoms with Crippen LogP contribution in [0.25, 0.3) is 0 Å². The van der Waals surface area contributed by atoms with E-state index in [0.717, 1.165) is 13.1 Å². The third kappa shape index (κ3) is 4.41. The Bertz CT molecular complexity index is 316. The number of piperidine rings is 1. The summed E-state index contributed by atoms with van der Waals surface area (Å²) < 4.78 is 0. The van der Waals surface area contributed by atoms with Crippen molar-refractivity contribution in [3.63, 3.8) is 0 Å². The Morgan fingerprint density at radius 1 is 1.18 bits per heavy atom. The minimum absolute atomic E-state index is 1.04. The second-order valence-corrected chi connectivity index (χ2v) is 6.05. The van der Waals surface area contributed by atoms with E-state index in [1.54, 1.807) is 0 Å². The molecule has 1 aromatic heterocycles. The van der Waals surface area contributed by atoms with Crippen molar-refractivity contribution in [2.75, 3.05) is 26.2 Å². The van der Waals surface area contributed by atoms with Crippen molar-refractivity contribution in [2.45, 2.75) is 39.2 Å². The Hall–Kier alpha value is -0.380. The first kappa shape index (κ1) is 13.1. The van der Waals surface area contributed by atoms with Gasteiger partial charge in [0.2, 0.25) is 0 Å². The number of rotatable bonds is 6. The molecule has 0 aliphatic carbocycles. The third-order valence-corrected chi connectivity index (χ3v) is 4.65. The Balaban J connectivity index is 1.59. The number of likely N-dealkylation sites (tertiary alicyclic amines) is 1. The number of nitrogens with one attached hydrogen (secondary N) is 1. The second kappa shape index (κ2) is 7.14. The molecule has 3 heteroatoms. The van der Waals surface area contributed by atoms with Crippen molar-refractivity contribution >= 4 is 11.3 Å². The SMILES string of the molecule is CCc1ccc(CNCCN2CCCCC2)s1. The molecule has 2 nitrogen and oxygen atoms in total. The van der Waals surface area contributed by atoms with E-state index in [2.05, 4.69) is 29.3 Å². The summed E-state index contributed by atoms with van der Waals surface area (Å²) in [6.45, 7) is 8.21. The van der Waals surface area contributed by atoms with Gasteiger partial charge in [-0.15, -0.1) is 11.3 Å². The molecule has 0 bridgehead atoms. The van der Waals surface area contributed by atoms with Crippen molar-refractivity contribution < 1.29 is 0 Å². The van der Waals surface area contributed by atoms with Crippen molar-refractivity contribution in [3.05, 3.63) is 21.9 Å². The van der Waals surface area contributed by atoms with Gasteiger partial charge in [0, 0.05) is 29.4 Å². The Morgan fingerprint density at radius 2 is 1.94 bits per heavy atom. The van der Waals surface area contributed by atoms with Crippen molar-refractivity contribution in [2.24, 2.45) is 0 Å². The lowest BCUT2D eigenvalue weighted by atomic mass is 10.1. The van der Waals surface area contributed by atoms with Gasteiger partial charge < -0.3 is 10.2 Å². The molecule has 1 saturated heterocycles. The average molecular weight is 252 g/mol. The van der Waals surface area contributed by atoms with Crippen LogP contribution in [0.4, 0.5) is 0 Å². The Labute approximate surface area is 109 Å². The molecule has 0 amide bonds. The highest BCUT2D eigenvalue weighted by molar-refractivity contribution is 7.11. The summed E-state index contributed by atoms with van der Waals surface area (Å²) in [6.07, 6.45) is 5.38. The summed E-state index contributed by atoms with van der Waals surface area (Å²) in [7, 11) is 0. The number of hydrogen-bond donors (Lipinski definition) is 1. The minimum atomic E-state index is 1.04. The smallest absolute Gasteiger partial charge is 0.0300 e. The summed E-state index contributed by atoms with van der Waals surface area (Å²) in [5, 5.41) is 3.56. The van der Waals surface area contributed by atoms with Gasteiger partial charge in [0.25, 0.3) is 0 Å². The molecule has 1 fully saturated rings.